The van der Waals surface area contributed by atoms with Gasteiger partial charge in [0.25, 0.3) is 10.0 Å². The zero-order valence-corrected chi connectivity index (χ0v) is 13.1. The van der Waals surface area contributed by atoms with E-state index in [-0.39, 0.29) is 10.8 Å². The minimum absolute atomic E-state index is 0.143. The average molecular weight is 314 g/mol. The van der Waals surface area contributed by atoms with Crippen LogP contribution in [0.3, 0.4) is 0 Å². The van der Waals surface area contributed by atoms with Crippen molar-refractivity contribution in [2.75, 3.05) is 11.4 Å². The first-order valence-electron chi connectivity index (χ1n) is 6.07. The smallest absolute Gasteiger partial charge is 0.267 e. The Hall–Kier alpha value is -1.46. The molecule has 0 bridgehead atoms. The van der Waals surface area contributed by atoms with E-state index >= 15 is 0 Å². The zero-order chi connectivity index (χ0) is 14.9. The van der Waals surface area contributed by atoms with Crippen molar-refractivity contribution in [2.24, 2.45) is 0 Å². The minimum Gasteiger partial charge on any atom is -0.464 e. The van der Waals surface area contributed by atoms with Crippen molar-refractivity contribution in [3.63, 3.8) is 0 Å². The molecule has 0 aliphatic carbocycles. The molecule has 2 rings (SSSR count). The van der Waals surface area contributed by atoms with Gasteiger partial charge in [-0.05, 0) is 26.0 Å². The lowest BCUT2D eigenvalue weighted by Crippen LogP contribution is -2.26. The third-order valence-electron chi connectivity index (χ3n) is 3.09. The van der Waals surface area contributed by atoms with E-state index in [1.54, 1.807) is 19.1 Å². The fraction of sp³-hybridized carbons (Fsp3) is 0.286. The Kier molecular flexibility index (Phi) is 4.11. The van der Waals surface area contributed by atoms with Crippen molar-refractivity contribution in [2.45, 2.75) is 24.6 Å². The van der Waals surface area contributed by atoms with Crippen LogP contribution in [0.1, 0.15) is 17.1 Å². The van der Waals surface area contributed by atoms with Gasteiger partial charge in [-0.25, -0.2) is 8.42 Å². The van der Waals surface area contributed by atoms with Crippen LogP contribution in [0.2, 0.25) is 0 Å². The molecule has 0 spiro atoms. The molecule has 1 heterocycles. The molecule has 0 unspecified atom stereocenters. The van der Waals surface area contributed by atoms with Crippen LogP contribution in [0, 0.1) is 13.8 Å². The summed E-state index contributed by atoms with van der Waals surface area (Å²) in [5.41, 5.74) is 1.67. The second-order valence-electron chi connectivity index (χ2n) is 4.57. The van der Waals surface area contributed by atoms with E-state index in [4.69, 9.17) is 16.0 Å². The highest BCUT2D eigenvalue weighted by molar-refractivity contribution is 7.92. The molecule has 0 fully saturated rings. The van der Waals surface area contributed by atoms with Gasteiger partial charge < -0.3 is 4.42 Å². The number of anilines is 1. The van der Waals surface area contributed by atoms with Gasteiger partial charge in [0.15, 0.2) is 0 Å². The molecule has 108 valence electrons. The molecule has 0 radical (unpaired) electrons. The Balaban J connectivity index is 2.43. The van der Waals surface area contributed by atoms with E-state index in [2.05, 4.69) is 0 Å². The maximum atomic E-state index is 12.6. The molecule has 0 atom stereocenters. The number of aryl methyl sites for hydroxylation is 2. The Bertz CT molecular complexity index is 705. The van der Waals surface area contributed by atoms with Crippen LogP contribution in [0.25, 0.3) is 0 Å². The second-order valence-corrected chi connectivity index (χ2v) is 6.78. The summed E-state index contributed by atoms with van der Waals surface area (Å²) >= 11 is 5.67. The molecule has 0 amide bonds. The van der Waals surface area contributed by atoms with Crippen LogP contribution < -0.4 is 4.31 Å². The molecule has 2 aromatic rings. The van der Waals surface area contributed by atoms with E-state index in [0.29, 0.717) is 17.2 Å². The van der Waals surface area contributed by atoms with Gasteiger partial charge in [-0.3, -0.25) is 4.31 Å². The summed E-state index contributed by atoms with van der Waals surface area (Å²) in [6.07, 6.45) is 0. The number of sulfonamides is 1. The molecule has 0 N–H and O–H groups in total. The lowest BCUT2D eigenvalue weighted by Gasteiger charge is -2.19. The first-order chi connectivity index (χ1) is 9.36. The number of alkyl halides is 1. The van der Waals surface area contributed by atoms with Gasteiger partial charge in [0, 0.05) is 13.1 Å². The second kappa shape index (κ2) is 5.50. The van der Waals surface area contributed by atoms with Crippen LogP contribution in [-0.4, -0.2) is 15.5 Å². The van der Waals surface area contributed by atoms with Crippen molar-refractivity contribution in [3.8, 4) is 0 Å². The van der Waals surface area contributed by atoms with Gasteiger partial charge in [0.1, 0.15) is 16.4 Å². The molecule has 4 nitrogen and oxygen atoms in total. The van der Waals surface area contributed by atoms with Crippen LogP contribution in [-0.2, 0) is 15.9 Å². The van der Waals surface area contributed by atoms with Gasteiger partial charge in [0.2, 0.25) is 0 Å². The number of hydrogen-bond donors (Lipinski definition) is 0. The summed E-state index contributed by atoms with van der Waals surface area (Å²) in [5.74, 6) is 0.935. The summed E-state index contributed by atoms with van der Waals surface area (Å²) < 4.78 is 31.7. The van der Waals surface area contributed by atoms with E-state index in [0.717, 1.165) is 5.56 Å². The normalized spacial score (nSPS) is 11.6. The lowest BCUT2D eigenvalue weighted by atomic mass is 10.2. The maximum absolute atomic E-state index is 12.6. The van der Waals surface area contributed by atoms with Crippen molar-refractivity contribution >= 4 is 27.3 Å². The van der Waals surface area contributed by atoms with Gasteiger partial charge in [0.05, 0.1) is 11.6 Å². The van der Waals surface area contributed by atoms with Crippen LogP contribution >= 0.6 is 11.6 Å². The van der Waals surface area contributed by atoms with Crippen molar-refractivity contribution < 1.29 is 12.8 Å². The maximum Gasteiger partial charge on any atom is 0.267 e. The molecule has 1 aromatic heterocycles. The number of rotatable bonds is 4. The summed E-state index contributed by atoms with van der Waals surface area (Å²) in [6.45, 7) is 3.57. The largest absolute Gasteiger partial charge is 0.464 e. The zero-order valence-electron chi connectivity index (χ0n) is 11.6. The van der Waals surface area contributed by atoms with Crippen LogP contribution in [0.4, 0.5) is 5.69 Å². The molecule has 0 saturated heterocycles. The number of hydrogen-bond acceptors (Lipinski definition) is 3. The van der Waals surface area contributed by atoms with E-state index in [9.17, 15) is 8.42 Å². The number of benzene rings is 1. The molecule has 0 aliphatic rings. The SMILES string of the molecule is Cc1ccc(N(C)S(=O)(=O)c2cc(CCl)oc2C)cc1. The van der Waals surface area contributed by atoms with Crippen molar-refractivity contribution in [1.82, 2.24) is 0 Å². The highest BCUT2D eigenvalue weighted by Crippen LogP contribution is 2.27. The van der Waals surface area contributed by atoms with Gasteiger partial charge in [-0.1, -0.05) is 17.7 Å². The minimum atomic E-state index is -3.64. The van der Waals surface area contributed by atoms with Gasteiger partial charge >= 0.3 is 0 Å². The average Bonchev–Trinajstić information content (AvgIpc) is 2.81. The Morgan fingerprint density at radius 3 is 2.30 bits per heavy atom. The van der Waals surface area contributed by atoms with E-state index in [1.807, 2.05) is 19.1 Å². The molecule has 20 heavy (non-hydrogen) atoms. The Morgan fingerprint density at radius 1 is 1.20 bits per heavy atom. The highest BCUT2D eigenvalue weighted by atomic mass is 35.5. The number of halogens is 1. The summed E-state index contributed by atoms with van der Waals surface area (Å²) in [6, 6.07) is 8.75. The molecule has 1 aromatic carbocycles. The lowest BCUT2D eigenvalue weighted by molar-refractivity contribution is 0.492. The predicted octanol–water partition coefficient (Wildman–Crippen LogP) is 3.46. The van der Waals surface area contributed by atoms with Crippen molar-refractivity contribution in [1.29, 1.82) is 0 Å². The fourth-order valence-electron chi connectivity index (χ4n) is 1.89. The summed E-state index contributed by atoms with van der Waals surface area (Å²) in [5, 5.41) is 0. The monoisotopic (exact) mass is 313 g/mol. The highest BCUT2D eigenvalue weighted by Gasteiger charge is 2.26. The third-order valence-corrected chi connectivity index (χ3v) is 5.25. The van der Waals surface area contributed by atoms with Crippen LogP contribution in [0.5, 0.6) is 0 Å². The first kappa shape index (κ1) is 14.9. The fourth-order valence-corrected chi connectivity index (χ4v) is 3.40. The van der Waals surface area contributed by atoms with Gasteiger partial charge in [-0.2, -0.15) is 0 Å². The molecule has 6 heteroatoms. The Morgan fingerprint density at radius 2 is 1.80 bits per heavy atom. The summed E-state index contributed by atoms with van der Waals surface area (Å²) in [7, 11) is -2.12. The topological polar surface area (TPSA) is 50.5 Å². The van der Waals surface area contributed by atoms with E-state index in [1.165, 1.54) is 17.4 Å². The summed E-state index contributed by atoms with van der Waals surface area (Å²) in [4.78, 5) is 0.149. The molecular formula is C14H16ClNO3S. The molecule has 0 aliphatic heterocycles. The first-order valence-corrected chi connectivity index (χ1v) is 8.04. The quantitative estimate of drug-likeness (QED) is 0.812. The predicted molar refractivity (Wildman–Crippen MR) is 79.8 cm³/mol. The third kappa shape index (κ3) is 2.69. The van der Waals surface area contributed by atoms with Crippen molar-refractivity contribution in [3.05, 3.63) is 47.4 Å². The molecular weight excluding hydrogens is 298 g/mol. The van der Waals surface area contributed by atoms with Crippen LogP contribution in [0.15, 0.2) is 39.6 Å². The molecule has 0 saturated carbocycles. The standard InChI is InChI=1S/C14H16ClNO3S/c1-10-4-6-12(7-5-10)16(3)20(17,18)14-8-13(9-15)19-11(14)2/h4-8H,9H2,1-3H3. The number of nitrogens with zero attached hydrogens (tertiary/aromatic N) is 1. The Labute approximate surface area is 124 Å². The van der Waals surface area contributed by atoms with E-state index < -0.39 is 10.0 Å². The number of furan rings is 1. The van der Waals surface area contributed by atoms with Gasteiger partial charge in [-0.15, -0.1) is 11.6 Å².